The van der Waals surface area contributed by atoms with Crippen molar-refractivity contribution in [3.8, 4) is 17.2 Å². The first kappa shape index (κ1) is 26.2. The van der Waals surface area contributed by atoms with E-state index in [9.17, 15) is 18.3 Å². The molecule has 4 aromatic carbocycles. The van der Waals surface area contributed by atoms with Crippen molar-refractivity contribution in [3.63, 3.8) is 0 Å². The number of carbonyl (C=O) groups is 1. The molecule has 0 aliphatic carbocycles. The maximum Gasteiger partial charge on any atom is 0.324 e. The zero-order valence-electron chi connectivity index (χ0n) is 20.6. The van der Waals surface area contributed by atoms with Crippen LogP contribution in [0.1, 0.15) is 11.4 Å². The number of aromatic nitrogens is 2. The average molecular weight is 564 g/mol. The number of sulfonamides is 1. The zero-order chi connectivity index (χ0) is 27.6. The topological polar surface area (TPSA) is 123 Å². The molecule has 0 fully saturated rings. The monoisotopic (exact) mass is 563 g/mol. The number of carboxylic acids is 1. The van der Waals surface area contributed by atoms with Gasteiger partial charge in [0.1, 0.15) is 12.3 Å². The van der Waals surface area contributed by atoms with Crippen LogP contribution in [0.4, 0.5) is 5.69 Å². The van der Waals surface area contributed by atoms with Gasteiger partial charge in [0.15, 0.2) is 6.61 Å². The Hall–Kier alpha value is -4.41. The van der Waals surface area contributed by atoms with Crippen LogP contribution in [-0.2, 0) is 21.4 Å². The number of aryl methyl sites for hydroxylation is 1. The molecule has 0 unspecified atom stereocenters. The smallest absolute Gasteiger partial charge is 0.324 e. The highest BCUT2D eigenvalue weighted by Gasteiger charge is 2.28. The highest BCUT2D eigenvalue weighted by molar-refractivity contribution is 7.92. The van der Waals surface area contributed by atoms with Gasteiger partial charge >= 0.3 is 5.97 Å². The van der Waals surface area contributed by atoms with Gasteiger partial charge in [0.2, 0.25) is 5.82 Å². The lowest BCUT2D eigenvalue weighted by molar-refractivity contribution is -0.135. The number of fused-ring (bicyclic) bond motifs is 1. The van der Waals surface area contributed by atoms with E-state index in [2.05, 4.69) is 10.1 Å². The summed E-state index contributed by atoms with van der Waals surface area (Å²) < 4.78 is 39.0. The summed E-state index contributed by atoms with van der Waals surface area (Å²) in [5.74, 6) is 0.0000668. The SMILES string of the molecule is Cc1cc(Cl)cc(S(=O)(=O)N(CC(=O)O)c2ccc3c(-c4nc(COc5ccccc5)no4)cccc3c2)c1. The van der Waals surface area contributed by atoms with Gasteiger partial charge in [-0.1, -0.05) is 53.2 Å². The number of rotatable bonds is 9. The number of carboxylic acid groups (broad SMARTS) is 1. The van der Waals surface area contributed by atoms with Crippen LogP contribution in [0, 0.1) is 6.92 Å². The number of nitrogens with zero attached hydrogens (tertiary/aromatic N) is 3. The number of aliphatic carboxylic acids is 1. The van der Waals surface area contributed by atoms with Crippen molar-refractivity contribution in [2.75, 3.05) is 10.8 Å². The van der Waals surface area contributed by atoms with Gasteiger partial charge < -0.3 is 14.4 Å². The standard InChI is InChI=1S/C28H22ClN3O6S/c1-18-12-20(29)15-23(13-18)39(35,36)32(16-27(33)34)21-10-11-24-19(14-21)6-5-9-25(24)28-30-26(31-38-28)17-37-22-7-3-2-4-8-22/h2-15H,16-17H2,1H3,(H,33,34). The summed E-state index contributed by atoms with van der Waals surface area (Å²) in [5.41, 5.74) is 1.45. The van der Waals surface area contributed by atoms with Gasteiger partial charge in [-0.3, -0.25) is 9.10 Å². The molecule has 5 rings (SSSR count). The molecule has 0 saturated heterocycles. The molecule has 0 amide bonds. The van der Waals surface area contributed by atoms with E-state index in [4.69, 9.17) is 20.9 Å². The summed E-state index contributed by atoms with van der Waals surface area (Å²) in [4.78, 5) is 16.0. The van der Waals surface area contributed by atoms with E-state index in [0.717, 1.165) is 4.31 Å². The summed E-state index contributed by atoms with van der Waals surface area (Å²) in [5, 5.41) is 15.1. The number of benzene rings is 4. The second-order valence-electron chi connectivity index (χ2n) is 8.70. The van der Waals surface area contributed by atoms with Crippen molar-refractivity contribution in [1.82, 2.24) is 10.1 Å². The quantitative estimate of drug-likeness (QED) is 0.242. The summed E-state index contributed by atoms with van der Waals surface area (Å²) in [6, 6.07) is 23.8. The van der Waals surface area contributed by atoms with Gasteiger partial charge in [0, 0.05) is 10.6 Å². The minimum absolute atomic E-state index is 0.0984. The minimum atomic E-state index is -4.24. The fourth-order valence-corrected chi connectivity index (χ4v) is 6.01. The second kappa shape index (κ2) is 10.8. The van der Waals surface area contributed by atoms with Crippen molar-refractivity contribution in [1.29, 1.82) is 0 Å². The second-order valence-corrected chi connectivity index (χ2v) is 11.0. The summed E-state index contributed by atoms with van der Waals surface area (Å²) in [7, 11) is -4.24. The molecule has 0 spiro atoms. The number of para-hydroxylation sites is 1. The first-order valence-electron chi connectivity index (χ1n) is 11.8. The average Bonchev–Trinajstić information content (AvgIpc) is 3.39. The molecule has 0 radical (unpaired) electrons. The lowest BCUT2D eigenvalue weighted by Gasteiger charge is -2.23. The maximum absolute atomic E-state index is 13.5. The Bertz CT molecular complexity index is 1750. The Balaban J connectivity index is 1.48. The predicted molar refractivity (Wildman–Crippen MR) is 146 cm³/mol. The fourth-order valence-electron chi connectivity index (χ4n) is 4.12. The summed E-state index contributed by atoms with van der Waals surface area (Å²) in [6.07, 6.45) is 0. The highest BCUT2D eigenvalue weighted by atomic mass is 35.5. The lowest BCUT2D eigenvalue weighted by Crippen LogP contribution is -2.35. The molecule has 0 saturated carbocycles. The summed E-state index contributed by atoms with van der Waals surface area (Å²) in [6.45, 7) is 1.06. The Labute approximate surface area is 229 Å². The minimum Gasteiger partial charge on any atom is -0.485 e. The first-order chi connectivity index (χ1) is 18.7. The molecule has 1 heterocycles. The Morgan fingerprint density at radius 2 is 1.82 bits per heavy atom. The molecule has 11 heteroatoms. The Kier molecular flexibility index (Phi) is 7.23. The normalized spacial score (nSPS) is 11.4. The van der Waals surface area contributed by atoms with E-state index in [0.29, 0.717) is 33.5 Å². The van der Waals surface area contributed by atoms with E-state index in [1.165, 1.54) is 12.1 Å². The fraction of sp³-hybridized carbons (Fsp3) is 0.107. The Morgan fingerprint density at radius 1 is 1.03 bits per heavy atom. The maximum atomic E-state index is 13.5. The van der Waals surface area contributed by atoms with E-state index in [-0.39, 0.29) is 28.1 Å². The van der Waals surface area contributed by atoms with Crippen molar-refractivity contribution in [2.24, 2.45) is 0 Å². The van der Waals surface area contributed by atoms with E-state index in [1.54, 1.807) is 49.4 Å². The zero-order valence-corrected chi connectivity index (χ0v) is 22.2. The summed E-state index contributed by atoms with van der Waals surface area (Å²) >= 11 is 6.09. The third-order valence-electron chi connectivity index (χ3n) is 5.84. The van der Waals surface area contributed by atoms with Crippen molar-refractivity contribution in [2.45, 2.75) is 18.4 Å². The van der Waals surface area contributed by atoms with Crippen molar-refractivity contribution < 1.29 is 27.6 Å². The number of ether oxygens (including phenoxy) is 1. The van der Waals surface area contributed by atoms with Crippen molar-refractivity contribution in [3.05, 3.63) is 101 Å². The number of halogens is 1. The first-order valence-corrected chi connectivity index (χ1v) is 13.6. The molecule has 0 aliphatic rings. The van der Waals surface area contributed by atoms with Crippen LogP contribution in [0.2, 0.25) is 5.02 Å². The molecular weight excluding hydrogens is 542 g/mol. The number of anilines is 1. The molecule has 9 nitrogen and oxygen atoms in total. The highest BCUT2D eigenvalue weighted by Crippen LogP contribution is 2.33. The van der Waals surface area contributed by atoms with Gasteiger partial charge in [-0.15, -0.1) is 0 Å². The van der Waals surface area contributed by atoms with Crippen molar-refractivity contribution >= 4 is 44.1 Å². The third kappa shape index (κ3) is 5.71. The lowest BCUT2D eigenvalue weighted by atomic mass is 10.0. The van der Waals surface area contributed by atoms with E-state index in [1.807, 2.05) is 30.3 Å². The third-order valence-corrected chi connectivity index (χ3v) is 7.81. The molecule has 5 aromatic rings. The molecule has 198 valence electrons. The van der Waals surface area contributed by atoms with Gasteiger partial charge in [0.25, 0.3) is 15.9 Å². The van der Waals surface area contributed by atoms with Gasteiger partial charge in [0.05, 0.1) is 10.6 Å². The van der Waals surface area contributed by atoms with Crippen LogP contribution >= 0.6 is 11.6 Å². The van der Waals surface area contributed by atoms with E-state index < -0.39 is 22.5 Å². The molecule has 1 N–H and O–H groups in total. The van der Waals surface area contributed by atoms with Gasteiger partial charge in [-0.05, 0) is 71.8 Å². The molecular formula is C28H22ClN3O6S. The molecule has 0 atom stereocenters. The van der Waals surface area contributed by atoms with Crippen LogP contribution in [0.3, 0.4) is 0 Å². The molecule has 0 bridgehead atoms. The van der Waals surface area contributed by atoms with Gasteiger partial charge in [-0.2, -0.15) is 4.98 Å². The van der Waals surface area contributed by atoms with Crippen LogP contribution in [0.25, 0.3) is 22.2 Å². The largest absolute Gasteiger partial charge is 0.485 e. The van der Waals surface area contributed by atoms with Gasteiger partial charge in [-0.25, -0.2) is 8.42 Å². The number of hydrogen-bond acceptors (Lipinski definition) is 7. The van der Waals surface area contributed by atoms with Crippen LogP contribution in [-0.4, -0.2) is 36.2 Å². The van der Waals surface area contributed by atoms with Crippen LogP contribution in [0.15, 0.2) is 94.3 Å². The molecule has 39 heavy (non-hydrogen) atoms. The Morgan fingerprint density at radius 3 is 2.56 bits per heavy atom. The van der Waals surface area contributed by atoms with Crippen LogP contribution < -0.4 is 9.04 Å². The molecule has 1 aromatic heterocycles. The van der Waals surface area contributed by atoms with Crippen LogP contribution in [0.5, 0.6) is 5.75 Å². The predicted octanol–water partition coefficient (Wildman–Crippen LogP) is 5.71. The molecule has 0 aliphatic heterocycles. The van der Waals surface area contributed by atoms with E-state index >= 15 is 0 Å². The number of hydrogen-bond donors (Lipinski definition) is 1.